The second-order valence-corrected chi connectivity index (χ2v) is 3.30. The molecule has 0 radical (unpaired) electrons. The summed E-state index contributed by atoms with van der Waals surface area (Å²) in [5.74, 6) is 1.22. The predicted molar refractivity (Wildman–Crippen MR) is 35.5 cm³/mol. The summed E-state index contributed by atoms with van der Waals surface area (Å²) in [5.41, 5.74) is 0. The van der Waals surface area contributed by atoms with E-state index in [0.29, 0.717) is 11.8 Å². The Bertz CT molecular complexity index is 183. The number of thioether (sulfide) groups is 1. The average Bonchev–Trinajstić information content (AvgIpc) is 1.86. The van der Waals surface area contributed by atoms with E-state index >= 15 is 0 Å². The van der Waals surface area contributed by atoms with Crippen LogP contribution in [0, 0.1) is 6.20 Å². The first kappa shape index (κ1) is 8.65. The zero-order chi connectivity index (χ0) is 6.27. The van der Waals surface area contributed by atoms with Crippen LogP contribution < -0.4 is 29.6 Å². The van der Waals surface area contributed by atoms with Crippen molar-refractivity contribution in [2.75, 3.05) is 5.75 Å². The van der Waals surface area contributed by atoms with E-state index in [9.17, 15) is 4.79 Å². The minimum absolute atomic E-state index is 0. The molecule has 0 N–H and O–H groups in total. The van der Waals surface area contributed by atoms with Gasteiger partial charge >= 0.3 is 29.6 Å². The molecule has 2 heterocycles. The van der Waals surface area contributed by atoms with E-state index in [1.165, 1.54) is 0 Å². The SMILES string of the molecule is O=C1C[C@H]2SCC=[C-]N12.[Na+]. The topological polar surface area (TPSA) is 20.3 Å². The number of hydrogen-bond donors (Lipinski definition) is 0. The number of β-lactam (4-membered cyclic amide) rings is 1. The Morgan fingerprint density at radius 2 is 2.60 bits per heavy atom. The van der Waals surface area contributed by atoms with Gasteiger partial charge in [-0.1, -0.05) is 0 Å². The van der Waals surface area contributed by atoms with E-state index in [-0.39, 0.29) is 35.5 Å². The molecule has 0 unspecified atom stereocenters. The summed E-state index contributed by atoms with van der Waals surface area (Å²) < 4.78 is 0. The second-order valence-electron chi connectivity index (χ2n) is 2.09. The van der Waals surface area contributed by atoms with Crippen LogP contribution in [-0.2, 0) is 4.79 Å². The third-order valence-electron chi connectivity index (χ3n) is 1.51. The molecule has 1 fully saturated rings. The van der Waals surface area contributed by atoms with Gasteiger partial charge in [-0.05, 0) is 12.2 Å². The molecule has 1 saturated heterocycles. The van der Waals surface area contributed by atoms with Gasteiger partial charge < -0.3 is 9.69 Å². The summed E-state index contributed by atoms with van der Waals surface area (Å²) in [6.45, 7) is 0. The summed E-state index contributed by atoms with van der Waals surface area (Å²) in [4.78, 5) is 12.4. The third-order valence-corrected chi connectivity index (χ3v) is 2.63. The summed E-state index contributed by atoms with van der Waals surface area (Å²) in [5, 5.41) is 0.419. The second kappa shape index (κ2) is 3.30. The van der Waals surface area contributed by atoms with E-state index in [0.717, 1.165) is 5.75 Å². The molecule has 0 saturated carbocycles. The maximum absolute atomic E-state index is 10.7. The van der Waals surface area contributed by atoms with Gasteiger partial charge in [0.25, 0.3) is 0 Å². The van der Waals surface area contributed by atoms with Crippen molar-refractivity contribution in [3.8, 4) is 0 Å². The molecule has 2 rings (SSSR count). The van der Waals surface area contributed by atoms with Crippen LogP contribution in [-0.4, -0.2) is 21.9 Å². The van der Waals surface area contributed by atoms with Gasteiger partial charge in [0.1, 0.15) is 0 Å². The van der Waals surface area contributed by atoms with E-state index in [4.69, 9.17) is 0 Å². The van der Waals surface area contributed by atoms with E-state index in [1.54, 1.807) is 16.7 Å². The zero-order valence-corrected chi connectivity index (χ0v) is 8.65. The van der Waals surface area contributed by atoms with Crippen LogP contribution in [0.1, 0.15) is 6.42 Å². The summed E-state index contributed by atoms with van der Waals surface area (Å²) in [6, 6.07) is 0. The average molecular weight is 163 g/mol. The van der Waals surface area contributed by atoms with Crippen molar-refractivity contribution in [1.29, 1.82) is 0 Å². The molecule has 0 aromatic rings. The van der Waals surface area contributed by atoms with Gasteiger partial charge in [0.15, 0.2) is 0 Å². The van der Waals surface area contributed by atoms with Crippen molar-refractivity contribution in [2.24, 2.45) is 0 Å². The molecular weight excluding hydrogens is 157 g/mol. The molecule has 2 aliphatic rings. The molecule has 0 bridgehead atoms. The molecule has 0 aromatic heterocycles. The van der Waals surface area contributed by atoms with Crippen LogP contribution in [0.2, 0.25) is 0 Å². The number of fused-ring (bicyclic) bond motifs is 1. The summed E-state index contributed by atoms with van der Waals surface area (Å²) >= 11 is 1.80. The molecule has 4 heteroatoms. The summed E-state index contributed by atoms with van der Waals surface area (Å²) in [7, 11) is 0. The van der Waals surface area contributed by atoms with Crippen molar-refractivity contribution in [3.63, 3.8) is 0 Å². The Balaban J connectivity index is 0.000000500. The monoisotopic (exact) mass is 163 g/mol. The van der Waals surface area contributed by atoms with Crippen LogP contribution in [0.3, 0.4) is 0 Å². The largest absolute Gasteiger partial charge is 1.00 e. The molecule has 48 valence electrons. The third kappa shape index (κ3) is 1.28. The number of amides is 1. The van der Waals surface area contributed by atoms with Gasteiger partial charge in [-0.2, -0.15) is 6.20 Å². The Labute approximate surface area is 86.3 Å². The molecule has 2 aliphatic heterocycles. The van der Waals surface area contributed by atoms with E-state index < -0.39 is 0 Å². The molecule has 1 atom stereocenters. The Morgan fingerprint density at radius 3 is 3.10 bits per heavy atom. The van der Waals surface area contributed by atoms with Gasteiger partial charge in [-0.15, -0.1) is 17.8 Å². The number of rotatable bonds is 0. The fraction of sp³-hybridized carbons (Fsp3) is 0.500. The van der Waals surface area contributed by atoms with Crippen LogP contribution >= 0.6 is 11.8 Å². The number of carbonyl (C=O) groups is 1. The fourth-order valence-electron chi connectivity index (χ4n) is 0.971. The molecule has 0 spiro atoms. The van der Waals surface area contributed by atoms with Crippen molar-refractivity contribution < 1.29 is 34.4 Å². The molecule has 0 aliphatic carbocycles. The Kier molecular flexibility index (Phi) is 2.86. The van der Waals surface area contributed by atoms with E-state index in [1.807, 2.05) is 6.08 Å². The van der Waals surface area contributed by atoms with Crippen LogP contribution in [0.15, 0.2) is 6.08 Å². The van der Waals surface area contributed by atoms with Crippen molar-refractivity contribution in [1.82, 2.24) is 4.90 Å². The fourth-order valence-corrected chi connectivity index (χ4v) is 1.95. The van der Waals surface area contributed by atoms with Crippen molar-refractivity contribution >= 4 is 17.7 Å². The predicted octanol–water partition coefficient (Wildman–Crippen LogP) is -2.39. The van der Waals surface area contributed by atoms with Gasteiger partial charge in [0.2, 0.25) is 0 Å². The number of hydrogen-bond acceptors (Lipinski definition) is 2. The molecule has 1 amide bonds. The van der Waals surface area contributed by atoms with Crippen LogP contribution in [0.25, 0.3) is 0 Å². The van der Waals surface area contributed by atoms with Crippen molar-refractivity contribution in [3.05, 3.63) is 12.3 Å². The van der Waals surface area contributed by atoms with Crippen molar-refractivity contribution in [2.45, 2.75) is 11.8 Å². The first-order chi connectivity index (χ1) is 4.38. The quantitative estimate of drug-likeness (QED) is 0.226. The number of nitrogens with zero attached hydrogens (tertiary/aromatic N) is 1. The Hall–Kier alpha value is 0.560. The zero-order valence-electron chi connectivity index (χ0n) is 5.83. The van der Waals surface area contributed by atoms with Gasteiger partial charge in [0, 0.05) is 5.37 Å². The summed E-state index contributed by atoms with van der Waals surface area (Å²) in [6.07, 6.45) is 5.52. The van der Waals surface area contributed by atoms with E-state index in [2.05, 4.69) is 6.20 Å². The van der Waals surface area contributed by atoms with Crippen LogP contribution in [0.5, 0.6) is 0 Å². The standard InChI is InChI=1S/C6H6NOS.Na/c8-5-4-6-7(5)2-1-3-9-6;/h1,6H,3-4H2;/q-1;+1/t6-;/m1./s1. The maximum Gasteiger partial charge on any atom is 1.00 e. The minimum atomic E-state index is 0. The molecule has 2 nitrogen and oxygen atoms in total. The molecule has 10 heavy (non-hydrogen) atoms. The maximum atomic E-state index is 10.7. The first-order valence-electron chi connectivity index (χ1n) is 2.89. The first-order valence-corrected chi connectivity index (χ1v) is 3.94. The molecular formula is C6H6NNaOS. The normalized spacial score (nSPS) is 28.6. The van der Waals surface area contributed by atoms with Gasteiger partial charge in [0.05, 0.1) is 5.91 Å². The minimum Gasteiger partial charge on any atom is -0.473 e. The Morgan fingerprint density at radius 1 is 1.80 bits per heavy atom. The smallest absolute Gasteiger partial charge is 0.473 e. The van der Waals surface area contributed by atoms with Gasteiger partial charge in [-0.3, -0.25) is 0 Å². The molecule has 0 aromatic carbocycles. The van der Waals surface area contributed by atoms with Crippen LogP contribution in [0.4, 0.5) is 0 Å². The number of carbonyl (C=O) groups excluding carboxylic acids is 1. The van der Waals surface area contributed by atoms with Gasteiger partial charge in [-0.25, -0.2) is 0 Å².